The van der Waals surface area contributed by atoms with Gasteiger partial charge >= 0.3 is 13.3 Å². The summed E-state index contributed by atoms with van der Waals surface area (Å²) in [6.45, 7) is 3.51. The number of nitrogens with one attached hydrogen (secondary N) is 1. The van der Waals surface area contributed by atoms with Crippen LogP contribution in [0.4, 0.5) is 0 Å². The fourth-order valence-corrected chi connectivity index (χ4v) is 2.81. The Hall–Kier alpha value is -1.33. The Bertz CT molecular complexity index is 740. The Morgan fingerprint density at radius 1 is 1.36 bits per heavy atom. The number of nitrogens with zero attached hydrogens (tertiary/aromatic N) is 1. The highest BCUT2D eigenvalue weighted by molar-refractivity contribution is 7.51. The number of aromatic nitrogens is 2. The zero-order valence-electron chi connectivity index (χ0n) is 13.9. The van der Waals surface area contributed by atoms with Gasteiger partial charge in [0, 0.05) is 19.4 Å². The molecule has 11 nitrogen and oxygen atoms in total. The smallest absolute Gasteiger partial charge is 0.351 e. The van der Waals surface area contributed by atoms with Crippen molar-refractivity contribution >= 4 is 7.60 Å². The Labute approximate surface area is 142 Å². The van der Waals surface area contributed by atoms with Crippen LogP contribution in [0.1, 0.15) is 20.1 Å². The van der Waals surface area contributed by atoms with Crippen molar-refractivity contribution in [3.8, 4) is 0 Å². The van der Waals surface area contributed by atoms with E-state index in [2.05, 4.69) is 4.98 Å². The van der Waals surface area contributed by atoms with Gasteiger partial charge in [0.25, 0.3) is 5.56 Å². The van der Waals surface area contributed by atoms with Gasteiger partial charge in [-0.05, 0) is 13.8 Å². The van der Waals surface area contributed by atoms with Gasteiger partial charge in [-0.25, -0.2) is 4.79 Å². The highest BCUT2D eigenvalue weighted by Gasteiger charge is 2.48. The molecule has 1 aromatic rings. The maximum absolute atomic E-state index is 12.0. The second kappa shape index (κ2) is 7.92. The molecule has 2 rings (SSSR count). The monoisotopic (exact) mass is 380 g/mol. The SMILES string of the molecule is COC1C(OC(C)C)[C@@H](OCP(=O)(O)O)O[C@H]1n1ccc(=O)[nH]c1=O. The Morgan fingerprint density at radius 2 is 2.04 bits per heavy atom. The van der Waals surface area contributed by atoms with E-state index in [4.69, 9.17) is 28.7 Å². The van der Waals surface area contributed by atoms with E-state index in [1.165, 1.54) is 13.3 Å². The van der Waals surface area contributed by atoms with E-state index in [0.29, 0.717) is 0 Å². The van der Waals surface area contributed by atoms with Gasteiger partial charge in [-0.2, -0.15) is 0 Å². The molecular formula is C13H21N2O9P. The van der Waals surface area contributed by atoms with Gasteiger partial charge in [-0.1, -0.05) is 0 Å². The van der Waals surface area contributed by atoms with Crippen LogP contribution in [0.2, 0.25) is 0 Å². The summed E-state index contributed by atoms with van der Waals surface area (Å²) in [6, 6.07) is 1.14. The molecule has 1 aromatic heterocycles. The van der Waals surface area contributed by atoms with Gasteiger partial charge in [-0.3, -0.25) is 18.9 Å². The van der Waals surface area contributed by atoms with Gasteiger partial charge in [0.1, 0.15) is 12.2 Å². The van der Waals surface area contributed by atoms with Crippen molar-refractivity contribution in [2.75, 3.05) is 13.5 Å². The van der Waals surface area contributed by atoms with E-state index in [-0.39, 0.29) is 6.10 Å². The molecule has 3 N–H and O–H groups in total. The lowest BCUT2D eigenvalue weighted by Crippen LogP contribution is -2.41. The molecule has 0 bridgehead atoms. The first kappa shape index (κ1) is 20.0. The average Bonchev–Trinajstić information content (AvgIpc) is 2.81. The summed E-state index contributed by atoms with van der Waals surface area (Å²) >= 11 is 0. The first-order chi connectivity index (χ1) is 11.6. The van der Waals surface area contributed by atoms with Crippen LogP contribution in [0.5, 0.6) is 0 Å². The van der Waals surface area contributed by atoms with E-state index in [1.807, 2.05) is 0 Å². The molecule has 0 aliphatic carbocycles. The molecule has 142 valence electrons. The summed E-state index contributed by atoms with van der Waals surface area (Å²) in [7, 11) is -3.05. The summed E-state index contributed by atoms with van der Waals surface area (Å²) in [4.78, 5) is 43.3. The van der Waals surface area contributed by atoms with Crippen LogP contribution in [-0.4, -0.2) is 57.4 Å². The molecule has 2 unspecified atom stereocenters. The van der Waals surface area contributed by atoms with Gasteiger partial charge < -0.3 is 28.7 Å². The number of aromatic amines is 1. The largest absolute Gasteiger partial charge is 0.374 e. The minimum atomic E-state index is -4.43. The number of rotatable bonds is 7. The lowest BCUT2D eigenvalue weighted by molar-refractivity contribution is -0.185. The van der Waals surface area contributed by atoms with E-state index < -0.39 is 49.9 Å². The van der Waals surface area contributed by atoms with E-state index in [1.54, 1.807) is 13.8 Å². The molecule has 0 saturated carbocycles. The third-order valence-electron chi connectivity index (χ3n) is 3.38. The number of H-pyrrole nitrogens is 1. The molecule has 0 spiro atoms. The normalized spacial score (nSPS) is 27.1. The maximum Gasteiger partial charge on any atom is 0.351 e. The molecule has 4 atom stereocenters. The summed E-state index contributed by atoms with van der Waals surface area (Å²) in [5.41, 5.74) is -1.30. The van der Waals surface area contributed by atoms with E-state index >= 15 is 0 Å². The molecule has 12 heteroatoms. The second-order valence-electron chi connectivity index (χ2n) is 5.72. The highest BCUT2D eigenvalue weighted by Crippen LogP contribution is 2.39. The lowest BCUT2D eigenvalue weighted by Gasteiger charge is -2.25. The van der Waals surface area contributed by atoms with E-state index in [0.717, 1.165) is 10.6 Å². The number of hydrogen-bond acceptors (Lipinski definition) is 7. The first-order valence-corrected chi connectivity index (χ1v) is 9.23. The van der Waals surface area contributed by atoms with Gasteiger partial charge in [0.2, 0.25) is 0 Å². The molecule has 0 aromatic carbocycles. The Morgan fingerprint density at radius 3 is 2.56 bits per heavy atom. The molecule has 1 aliphatic rings. The maximum atomic E-state index is 12.0. The zero-order valence-corrected chi connectivity index (χ0v) is 14.8. The molecular weight excluding hydrogens is 359 g/mol. The summed E-state index contributed by atoms with van der Waals surface area (Å²) < 4.78 is 34.0. The Balaban J connectivity index is 2.32. The van der Waals surface area contributed by atoms with Crippen molar-refractivity contribution in [1.82, 2.24) is 9.55 Å². The lowest BCUT2D eigenvalue weighted by atomic mass is 10.2. The summed E-state index contributed by atoms with van der Waals surface area (Å²) in [5, 5.41) is 0. The van der Waals surface area contributed by atoms with Gasteiger partial charge in [0.15, 0.2) is 18.9 Å². The van der Waals surface area contributed by atoms with Crippen molar-refractivity contribution in [1.29, 1.82) is 0 Å². The van der Waals surface area contributed by atoms with Crippen LogP contribution >= 0.6 is 7.60 Å². The van der Waals surface area contributed by atoms with Crippen LogP contribution in [-0.2, 0) is 23.5 Å². The van der Waals surface area contributed by atoms with Gasteiger partial charge in [-0.15, -0.1) is 0 Å². The standard InChI is InChI=1S/C13H21N2O9P/c1-7(2)23-10-9(21-3)11(15-5-4-8(16)14-13(15)17)24-12(10)22-6-25(18,19)20/h4-5,7,9-12H,6H2,1-3H3,(H,14,16,17)(H2,18,19,20)/t9?,10?,11-,12+/m1/s1. The fourth-order valence-electron chi connectivity index (χ4n) is 2.47. The van der Waals surface area contributed by atoms with Crippen molar-refractivity contribution in [3.63, 3.8) is 0 Å². The first-order valence-electron chi connectivity index (χ1n) is 7.43. The van der Waals surface area contributed by atoms with Crippen LogP contribution in [0.25, 0.3) is 0 Å². The van der Waals surface area contributed by atoms with Crippen LogP contribution in [0.3, 0.4) is 0 Å². The average molecular weight is 380 g/mol. The third kappa shape index (κ3) is 5.08. The second-order valence-corrected chi connectivity index (χ2v) is 7.31. The van der Waals surface area contributed by atoms with Crippen molar-refractivity contribution in [3.05, 3.63) is 33.1 Å². The Kier molecular flexibility index (Phi) is 6.33. The molecule has 0 amide bonds. The minimum absolute atomic E-state index is 0.265. The summed E-state index contributed by atoms with van der Waals surface area (Å²) in [5.74, 6) is 0. The highest BCUT2D eigenvalue weighted by atomic mass is 31.2. The summed E-state index contributed by atoms with van der Waals surface area (Å²) in [6.07, 6.45) is -3.76. The minimum Gasteiger partial charge on any atom is -0.374 e. The van der Waals surface area contributed by atoms with Gasteiger partial charge in [0.05, 0.1) is 6.10 Å². The topological polar surface area (TPSA) is 149 Å². The fraction of sp³-hybridized carbons (Fsp3) is 0.692. The molecule has 1 fully saturated rings. The third-order valence-corrected chi connectivity index (χ3v) is 3.87. The van der Waals surface area contributed by atoms with Crippen molar-refractivity contribution in [2.24, 2.45) is 0 Å². The number of ether oxygens (including phenoxy) is 4. The predicted molar refractivity (Wildman–Crippen MR) is 84.0 cm³/mol. The molecule has 1 saturated heterocycles. The molecule has 2 heterocycles. The molecule has 0 radical (unpaired) electrons. The predicted octanol–water partition coefficient (Wildman–Crippen LogP) is -0.648. The van der Waals surface area contributed by atoms with Crippen molar-refractivity contribution < 1.29 is 33.3 Å². The quantitative estimate of drug-likeness (QED) is 0.525. The van der Waals surface area contributed by atoms with Crippen LogP contribution < -0.4 is 11.2 Å². The number of hydrogen-bond donors (Lipinski definition) is 3. The molecule has 25 heavy (non-hydrogen) atoms. The van der Waals surface area contributed by atoms with Crippen LogP contribution in [0.15, 0.2) is 21.9 Å². The van der Waals surface area contributed by atoms with E-state index in [9.17, 15) is 14.2 Å². The van der Waals surface area contributed by atoms with Crippen molar-refractivity contribution in [2.45, 2.75) is 44.7 Å². The number of methoxy groups -OCH3 is 1. The zero-order chi connectivity index (χ0) is 18.8. The van der Waals surface area contributed by atoms with Crippen LogP contribution in [0, 0.1) is 0 Å². The molecule has 1 aliphatic heterocycles.